The van der Waals surface area contributed by atoms with E-state index in [0.717, 1.165) is 32.1 Å². The minimum Gasteiger partial charge on any atom is -0.382 e. The third-order valence-corrected chi connectivity index (χ3v) is 5.17. The first-order valence-corrected chi connectivity index (χ1v) is 10.6. The Morgan fingerprint density at radius 1 is 1.03 bits per heavy atom. The molecule has 9 N–H and O–H groups in total. The molecule has 2 amide bonds. The minimum atomic E-state index is -0.663. The summed E-state index contributed by atoms with van der Waals surface area (Å²) >= 11 is 5.77. The molecule has 11 heteroatoms. The lowest BCUT2D eigenvalue weighted by molar-refractivity contribution is -0.121. The molecule has 1 aromatic heterocycles. The van der Waals surface area contributed by atoms with Crippen molar-refractivity contribution in [3.05, 3.63) is 46.2 Å². The molecule has 0 bridgehead atoms. The molecule has 0 saturated heterocycles. The summed E-state index contributed by atoms with van der Waals surface area (Å²) in [6.07, 6.45) is 4.17. The number of aliphatic imine (C=N–C) groups is 1. The first kappa shape index (κ1) is 24.9. The van der Waals surface area contributed by atoms with Gasteiger partial charge in [-0.2, -0.15) is 0 Å². The molecule has 0 fully saturated rings. The van der Waals surface area contributed by atoms with Crippen molar-refractivity contribution in [1.82, 2.24) is 15.3 Å². The Bertz CT molecular complexity index is 979. The molecule has 2 aromatic rings. The summed E-state index contributed by atoms with van der Waals surface area (Å²) in [5.41, 5.74) is 24.4. The number of hydrogen-bond donors (Lipinski definition) is 5. The van der Waals surface area contributed by atoms with E-state index in [1.807, 2.05) is 6.92 Å². The molecule has 0 aliphatic heterocycles. The number of nitrogen functional groups attached to an aromatic ring is 2. The average molecular weight is 461 g/mol. The standard InChI is InChI=1S/C21H29ClN8O2/c1-12(19(25)31)5-6-14-9-7-13(8-10-14)4-2-3-11-27-21(26)30-20(32)15-17(23)29-18(24)16(22)28-15/h7-10,12H,2-6,11H2,1H3,(H2,25,31)(H4,23,24,29)(H3,26,27,30,32)/t12-/m0/s1. The highest BCUT2D eigenvalue weighted by Gasteiger charge is 2.16. The quantitative estimate of drug-likeness (QED) is 0.201. The average Bonchev–Trinajstić information content (AvgIpc) is 2.74. The van der Waals surface area contributed by atoms with Crippen LogP contribution >= 0.6 is 11.6 Å². The number of benzene rings is 1. The maximum Gasteiger partial charge on any atom is 0.280 e. The SMILES string of the molecule is C[C@@H](CCc1ccc(CCCCN=C(N)NC(=O)c2nc(Cl)c(N)nc2N)cc1)C(N)=O. The number of rotatable bonds is 10. The van der Waals surface area contributed by atoms with Crippen LogP contribution in [0.15, 0.2) is 29.3 Å². The zero-order valence-electron chi connectivity index (χ0n) is 18.0. The van der Waals surface area contributed by atoms with E-state index >= 15 is 0 Å². The van der Waals surface area contributed by atoms with Gasteiger partial charge in [0, 0.05) is 12.5 Å². The number of carbonyl (C=O) groups is 2. The smallest absolute Gasteiger partial charge is 0.280 e. The second-order valence-electron chi connectivity index (χ2n) is 7.47. The first-order valence-electron chi connectivity index (χ1n) is 10.2. The zero-order chi connectivity index (χ0) is 23.7. The van der Waals surface area contributed by atoms with Crippen molar-refractivity contribution in [2.75, 3.05) is 18.0 Å². The lowest BCUT2D eigenvalue weighted by Crippen LogP contribution is -2.38. The second-order valence-corrected chi connectivity index (χ2v) is 7.83. The number of aryl methyl sites for hydroxylation is 2. The molecule has 10 nitrogen and oxygen atoms in total. The number of nitrogens with two attached hydrogens (primary N) is 4. The Balaban J connectivity index is 1.73. The van der Waals surface area contributed by atoms with E-state index in [1.54, 1.807) is 0 Å². The van der Waals surface area contributed by atoms with E-state index in [9.17, 15) is 9.59 Å². The van der Waals surface area contributed by atoms with E-state index in [1.165, 1.54) is 11.1 Å². The van der Waals surface area contributed by atoms with Gasteiger partial charge in [-0.15, -0.1) is 0 Å². The van der Waals surface area contributed by atoms with Gasteiger partial charge in [0.25, 0.3) is 5.91 Å². The summed E-state index contributed by atoms with van der Waals surface area (Å²) < 4.78 is 0. The van der Waals surface area contributed by atoms with E-state index in [2.05, 4.69) is 44.5 Å². The van der Waals surface area contributed by atoms with Gasteiger partial charge < -0.3 is 22.9 Å². The molecule has 172 valence electrons. The van der Waals surface area contributed by atoms with Gasteiger partial charge >= 0.3 is 0 Å². The molecular formula is C21H29ClN8O2. The molecule has 0 spiro atoms. The second kappa shape index (κ2) is 11.8. The van der Waals surface area contributed by atoms with E-state index in [-0.39, 0.29) is 40.3 Å². The Morgan fingerprint density at radius 2 is 1.66 bits per heavy atom. The van der Waals surface area contributed by atoms with Crippen molar-refractivity contribution in [2.45, 2.75) is 39.0 Å². The van der Waals surface area contributed by atoms with Gasteiger partial charge in [-0.25, -0.2) is 9.97 Å². The van der Waals surface area contributed by atoms with Gasteiger partial charge in [0.1, 0.15) is 0 Å². The topological polar surface area (TPSA) is 188 Å². The van der Waals surface area contributed by atoms with E-state index < -0.39 is 5.91 Å². The maximum absolute atomic E-state index is 12.2. The fraction of sp³-hybridized carbons (Fsp3) is 0.381. The monoisotopic (exact) mass is 460 g/mol. The zero-order valence-corrected chi connectivity index (χ0v) is 18.7. The largest absolute Gasteiger partial charge is 0.382 e. The predicted molar refractivity (Wildman–Crippen MR) is 126 cm³/mol. The van der Waals surface area contributed by atoms with Gasteiger partial charge in [-0.05, 0) is 43.2 Å². The minimum absolute atomic E-state index is 0.0429. The van der Waals surface area contributed by atoms with Crippen molar-refractivity contribution < 1.29 is 9.59 Å². The molecule has 0 unspecified atom stereocenters. The fourth-order valence-electron chi connectivity index (χ4n) is 2.86. The number of hydrogen-bond acceptors (Lipinski definition) is 7. The lowest BCUT2D eigenvalue weighted by Gasteiger charge is -2.08. The molecule has 1 atom stereocenters. The normalized spacial score (nSPS) is 12.4. The Kier molecular flexibility index (Phi) is 9.21. The van der Waals surface area contributed by atoms with Crippen LogP contribution in [0.25, 0.3) is 0 Å². The number of primary amides is 1. The summed E-state index contributed by atoms with van der Waals surface area (Å²) in [5.74, 6) is -1.30. The van der Waals surface area contributed by atoms with Crippen LogP contribution < -0.4 is 28.3 Å². The van der Waals surface area contributed by atoms with Crippen LogP contribution in [-0.2, 0) is 17.6 Å². The van der Waals surface area contributed by atoms with Crippen LogP contribution in [-0.4, -0.2) is 34.3 Å². The predicted octanol–water partition coefficient (Wildman–Crippen LogP) is 1.42. The highest BCUT2D eigenvalue weighted by molar-refractivity contribution is 6.31. The van der Waals surface area contributed by atoms with Gasteiger partial charge in [0.15, 0.2) is 28.4 Å². The van der Waals surface area contributed by atoms with Crippen LogP contribution in [0.5, 0.6) is 0 Å². The van der Waals surface area contributed by atoms with Gasteiger partial charge in [-0.3, -0.25) is 19.9 Å². The fourth-order valence-corrected chi connectivity index (χ4v) is 2.99. The number of anilines is 2. The van der Waals surface area contributed by atoms with Gasteiger partial charge in [-0.1, -0.05) is 42.8 Å². The summed E-state index contributed by atoms with van der Waals surface area (Å²) in [6, 6.07) is 8.33. The lowest BCUT2D eigenvalue weighted by atomic mass is 9.99. The molecule has 32 heavy (non-hydrogen) atoms. The van der Waals surface area contributed by atoms with Crippen molar-refractivity contribution in [1.29, 1.82) is 0 Å². The molecule has 1 heterocycles. The Hall–Kier alpha value is -3.40. The highest BCUT2D eigenvalue weighted by atomic mass is 35.5. The van der Waals surface area contributed by atoms with Crippen LogP contribution in [0.3, 0.4) is 0 Å². The van der Waals surface area contributed by atoms with Crippen LogP contribution in [0.1, 0.15) is 47.8 Å². The number of halogens is 1. The summed E-state index contributed by atoms with van der Waals surface area (Å²) in [4.78, 5) is 35.0. The summed E-state index contributed by atoms with van der Waals surface area (Å²) in [6.45, 7) is 2.30. The third kappa shape index (κ3) is 7.69. The van der Waals surface area contributed by atoms with Crippen molar-refractivity contribution in [2.24, 2.45) is 22.4 Å². The van der Waals surface area contributed by atoms with E-state index in [4.69, 9.17) is 34.5 Å². The summed E-state index contributed by atoms with van der Waals surface area (Å²) in [5, 5.41) is 2.29. The highest BCUT2D eigenvalue weighted by Crippen LogP contribution is 2.17. The van der Waals surface area contributed by atoms with Crippen molar-refractivity contribution >= 4 is 41.0 Å². The number of nitrogens with zero attached hydrogens (tertiary/aromatic N) is 3. The first-order chi connectivity index (χ1) is 15.2. The molecule has 1 aromatic carbocycles. The van der Waals surface area contributed by atoms with Crippen LogP contribution in [0.4, 0.5) is 11.6 Å². The van der Waals surface area contributed by atoms with Crippen molar-refractivity contribution in [3.8, 4) is 0 Å². The molecule has 0 radical (unpaired) electrons. The molecule has 0 aliphatic rings. The maximum atomic E-state index is 12.2. The van der Waals surface area contributed by atoms with Crippen LogP contribution in [0.2, 0.25) is 5.15 Å². The van der Waals surface area contributed by atoms with Gasteiger partial charge in [0.05, 0.1) is 0 Å². The number of nitrogens with one attached hydrogen (secondary N) is 1. The number of aromatic nitrogens is 2. The van der Waals surface area contributed by atoms with Gasteiger partial charge in [0.2, 0.25) is 5.91 Å². The Labute approximate surface area is 191 Å². The molecule has 2 rings (SSSR count). The molecular weight excluding hydrogens is 432 g/mol. The number of unbranched alkanes of at least 4 members (excludes halogenated alkanes) is 1. The third-order valence-electron chi connectivity index (χ3n) is 4.89. The number of carbonyl (C=O) groups excluding carboxylic acids is 2. The molecule has 0 aliphatic carbocycles. The van der Waals surface area contributed by atoms with Crippen molar-refractivity contribution in [3.63, 3.8) is 0 Å². The molecule has 0 saturated carbocycles. The van der Waals surface area contributed by atoms with Crippen LogP contribution in [0, 0.1) is 5.92 Å². The van der Waals surface area contributed by atoms with E-state index in [0.29, 0.717) is 6.54 Å². The number of amides is 2. The Morgan fingerprint density at radius 3 is 2.28 bits per heavy atom. The number of guanidine groups is 1. The summed E-state index contributed by atoms with van der Waals surface area (Å²) in [7, 11) is 0.